The number of rotatable bonds is 8. The minimum Gasteiger partial charge on any atom is -0.493 e. The average molecular weight is 368 g/mol. The van der Waals surface area contributed by atoms with E-state index in [4.69, 9.17) is 18.7 Å². The molecular weight excluding hydrogens is 348 g/mol. The summed E-state index contributed by atoms with van der Waals surface area (Å²) in [6.07, 6.45) is 0.757. The molecule has 0 atom stereocenters. The Kier molecular flexibility index (Phi) is 6.04. The molecule has 0 unspecified atom stereocenters. The van der Waals surface area contributed by atoms with Gasteiger partial charge >= 0.3 is 5.97 Å². The zero-order valence-corrected chi connectivity index (χ0v) is 15.2. The molecule has 0 radical (unpaired) electrons. The number of aryl methyl sites for hydroxylation is 1. The smallest absolute Gasteiger partial charge is 0.306 e. The Morgan fingerprint density at radius 1 is 1.04 bits per heavy atom. The van der Waals surface area contributed by atoms with Crippen LogP contribution in [0.15, 0.2) is 53.1 Å². The Balaban J connectivity index is 1.50. The van der Waals surface area contributed by atoms with Gasteiger partial charge in [-0.15, -0.1) is 0 Å². The van der Waals surface area contributed by atoms with E-state index < -0.39 is 0 Å². The van der Waals surface area contributed by atoms with Gasteiger partial charge in [0.1, 0.15) is 0 Å². The van der Waals surface area contributed by atoms with E-state index in [-0.39, 0.29) is 24.9 Å². The van der Waals surface area contributed by atoms with Gasteiger partial charge in [-0.2, -0.15) is 4.98 Å². The molecule has 1 heterocycles. The molecule has 0 aliphatic rings. The number of esters is 1. The SMILES string of the molecule is COc1ccc(CCC(=O)OCc2nc(-c3ccccc3)no2)cc1OC. The van der Waals surface area contributed by atoms with Crippen molar-refractivity contribution in [3.63, 3.8) is 0 Å². The summed E-state index contributed by atoms with van der Waals surface area (Å²) in [6, 6.07) is 15.0. The molecule has 7 heteroatoms. The lowest BCUT2D eigenvalue weighted by molar-refractivity contribution is -0.145. The number of hydrogen-bond donors (Lipinski definition) is 0. The van der Waals surface area contributed by atoms with E-state index in [0.717, 1.165) is 11.1 Å². The normalized spacial score (nSPS) is 10.4. The highest BCUT2D eigenvalue weighted by Gasteiger charge is 2.12. The van der Waals surface area contributed by atoms with Gasteiger partial charge in [0.15, 0.2) is 18.1 Å². The first-order chi connectivity index (χ1) is 13.2. The average Bonchev–Trinajstić information content (AvgIpc) is 3.20. The minimum atomic E-state index is -0.343. The molecule has 0 saturated carbocycles. The van der Waals surface area contributed by atoms with Gasteiger partial charge < -0.3 is 18.7 Å². The zero-order chi connectivity index (χ0) is 19.1. The van der Waals surface area contributed by atoms with Gasteiger partial charge in [0.05, 0.1) is 14.2 Å². The molecule has 7 nitrogen and oxygen atoms in total. The van der Waals surface area contributed by atoms with Crippen LogP contribution in [0.1, 0.15) is 17.9 Å². The maximum atomic E-state index is 12.0. The molecule has 1 aromatic heterocycles. The number of aromatic nitrogens is 2. The zero-order valence-electron chi connectivity index (χ0n) is 15.2. The van der Waals surface area contributed by atoms with E-state index in [9.17, 15) is 4.79 Å². The monoisotopic (exact) mass is 368 g/mol. The first-order valence-electron chi connectivity index (χ1n) is 8.44. The first kappa shape index (κ1) is 18.4. The molecule has 0 bridgehead atoms. The van der Waals surface area contributed by atoms with E-state index in [1.54, 1.807) is 14.2 Å². The number of carbonyl (C=O) groups is 1. The number of benzene rings is 2. The molecule has 140 valence electrons. The van der Waals surface area contributed by atoms with Crippen molar-refractivity contribution in [2.24, 2.45) is 0 Å². The number of ether oxygens (including phenoxy) is 3. The molecule has 27 heavy (non-hydrogen) atoms. The topological polar surface area (TPSA) is 83.7 Å². The second-order valence-corrected chi connectivity index (χ2v) is 5.73. The van der Waals surface area contributed by atoms with Crippen molar-refractivity contribution in [3.8, 4) is 22.9 Å². The van der Waals surface area contributed by atoms with Crippen molar-refractivity contribution in [3.05, 3.63) is 60.0 Å². The van der Waals surface area contributed by atoms with Crippen molar-refractivity contribution in [2.45, 2.75) is 19.4 Å². The molecular formula is C20H20N2O5. The summed E-state index contributed by atoms with van der Waals surface area (Å²) in [6.45, 7) is -0.0510. The van der Waals surface area contributed by atoms with Gasteiger partial charge in [-0.1, -0.05) is 41.6 Å². The predicted octanol–water partition coefficient (Wildman–Crippen LogP) is 3.43. The van der Waals surface area contributed by atoms with E-state index in [2.05, 4.69) is 10.1 Å². The van der Waals surface area contributed by atoms with Gasteiger partial charge in [-0.3, -0.25) is 4.79 Å². The molecule has 0 saturated heterocycles. The van der Waals surface area contributed by atoms with Crippen LogP contribution >= 0.6 is 0 Å². The van der Waals surface area contributed by atoms with Crippen LogP contribution in [0.2, 0.25) is 0 Å². The highest BCUT2D eigenvalue weighted by atomic mass is 16.6. The van der Waals surface area contributed by atoms with Crippen LogP contribution in [0.5, 0.6) is 11.5 Å². The molecule has 3 aromatic rings. The second kappa shape index (κ2) is 8.84. The van der Waals surface area contributed by atoms with Gasteiger partial charge in [0.25, 0.3) is 5.89 Å². The summed E-state index contributed by atoms with van der Waals surface area (Å²) in [5.41, 5.74) is 1.79. The Hall–Kier alpha value is -3.35. The number of methoxy groups -OCH3 is 2. The molecule has 0 N–H and O–H groups in total. The van der Waals surface area contributed by atoms with Crippen LogP contribution in [0, 0.1) is 0 Å². The van der Waals surface area contributed by atoms with Crippen LogP contribution < -0.4 is 9.47 Å². The van der Waals surface area contributed by atoms with Crippen LogP contribution in [0.25, 0.3) is 11.4 Å². The summed E-state index contributed by atoms with van der Waals surface area (Å²) in [7, 11) is 3.15. The second-order valence-electron chi connectivity index (χ2n) is 5.73. The highest BCUT2D eigenvalue weighted by molar-refractivity contribution is 5.69. The third-order valence-electron chi connectivity index (χ3n) is 3.92. The first-order valence-corrected chi connectivity index (χ1v) is 8.44. The van der Waals surface area contributed by atoms with Crippen molar-refractivity contribution in [2.75, 3.05) is 14.2 Å². The van der Waals surface area contributed by atoms with Gasteiger partial charge in [0, 0.05) is 12.0 Å². The largest absolute Gasteiger partial charge is 0.493 e. The molecule has 2 aromatic carbocycles. The van der Waals surface area contributed by atoms with E-state index in [1.807, 2.05) is 48.5 Å². The maximum Gasteiger partial charge on any atom is 0.306 e. The molecule has 0 spiro atoms. The predicted molar refractivity (Wildman–Crippen MR) is 97.4 cm³/mol. The standard InChI is InChI=1S/C20H20N2O5/c1-24-16-10-8-14(12-17(16)25-2)9-11-19(23)26-13-18-21-20(22-27-18)15-6-4-3-5-7-15/h3-8,10,12H,9,11,13H2,1-2H3. The fourth-order valence-electron chi connectivity index (χ4n) is 2.51. The maximum absolute atomic E-state index is 12.0. The van der Waals surface area contributed by atoms with Crippen LogP contribution in [0.3, 0.4) is 0 Å². The Morgan fingerprint density at radius 2 is 1.81 bits per heavy atom. The Labute approximate surface area is 156 Å². The summed E-state index contributed by atoms with van der Waals surface area (Å²) in [5.74, 6) is 1.65. The Bertz CT molecular complexity index is 892. The fraction of sp³-hybridized carbons (Fsp3) is 0.250. The van der Waals surface area contributed by atoms with Crippen molar-refractivity contribution in [1.82, 2.24) is 10.1 Å². The van der Waals surface area contributed by atoms with Crippen LogP contribution in [-0.2, 0) is 22.6 Å². The van der Waals surface area contributed by atoms with E-state index in [1.165, 1.54) is 0 Å². The lowest BCUT2D eigenvalue weighted by Gasteiger charge is -2.09. The molecule has 0 aliphatic carbocycles. The van der Waals surface area contributed by atoms with Crippen molar-refractivity contribution in [1.29, 1.82) is 0 Å². The van der Waals surface area contributed by atoms with Crippen LogP contribution in [0.4, 0.5) is 0 Å². The molecule has 0 amide bonds. The highest BCUT2D eigenvalue weighted by Crippen LogP contribution is 2.28. The van der Waals surface area contributed by atoms with Crippen molar-refractivity contribution >= 4 is 5.97 Å². The summed E-state index contributed by atoms with van der Waals surface area (Å²) < 4.78 is 20.8. The minimum absolute atomic E-state index is 0.0510. The lowest BCUT2D eigenvalue weighted by atomic mass is 10.1. The number of hydrogen-bond acceptors (Lipinski definition) is 7. The molecule has 3 rings (SSSR count). The Morgan fingerprint density at radius 3 is 2.56 bits per heavy atom. The third-order valence-corrected chi connectivity index (χ3v) is 3.92. The van der Waals surface area contributed by atoms with E-state index in [0.29, 0.717) is 23.7 Å². The van der Waals surface area contributed by atoms with Gasteiger partial charge in [-0.05, 0) is 24.1 Å². The van der Waals surface area contributed by atoms with Crippen LogP contribution in [-0.4, -0.2) is 30.3 Å². The summed E-state index contributed by atoms with van der Waals surface area (Å²) in [5, 5.41) is 3.89. The number of carbonyl (C=O) groups excluding carboxylic acids is 1. The van der Waals surface area contributed by atoms with E-state index >= 15 is 0 Å². The molecule has 0 fully saturated rings. The van der Waals surface area contributed by atoms with Gasteiger partial charge in [-0.25, -0.2) is 0 Å². The summed E-state index contributed by atoms with van der Waals surface area (Å²) in [4.78, 5) is 16.2. The lowest BCUT2D eigenvalue weighted by Crippen LogP contribution is -2.06. The third kappa shape index (κ3) is 4.84. The van der Waals surface area contributed by atoms with Crippen molar-refractivity contribution < 1.29 is 23.5 Å². The number of nitrogens with zero attached hydrogens (tertiary/aromatic N) is 2. The summed E-state index contributed by atoms with van der Waals surface area (Å²) >= 11 is 0. The molecule has 0 aliphatic heterocycles. The van der Waals surface area contributed by atoms with Gasteiger partial charge in [0.2, 0.25) is 5.82 Å². The fourth-order valence-corrected chi connectivity index (χ4v) is 2.51. The quantitative estimate of drug-likeness (QED) is 0.563.